The SMILES string of the molecule is CCCCCCCC[B-](c1ccc(C)cc1)(c1ccc(C)cc1)c1ccc(C)cc1.C[N+](C)(C)C. The fourth-order valence-electron chi connectivity index (χ4n) is 4.99. The third kappa shape index (κ3) is 9.34. The maximum Gasteiger partial charge on any atom is 0.0814 e. The minimum atomic E-state index is -0.981. The second kappa shape index (κ2) is 13.7. The molecule has 2 heteroatoms. The summed E-state index contributed by atoms with van der Waals surface area (Å²) >= 11 is 0. The standard InChI is InChI=1S/C29H38B.C4H12N/c1-5-6-7-8-9-10-23-30(27-17-11-24(2)12-18-27,28-19-13-25(3)14-20-28)29-21-15-26(4)16-22-29;1-5(2,3)4/h11-22H,5-10,23H2,1-4H3;1-4H3/q-1;+1. The summed E-state index contributed by atoms with van der Waals surface area (Å²) in [4.78, 5) is 0. The van der Waals surface area contributed by atoms with E-state index in [1.807, 2.05) is 0 Å². The quantitative estimate of drug-likeness (QED) is 0.174. The number of nitrogens with zero attached hydrogens (tertiary/aromatic N) is 1. The number of quaternary nitrogens is 1. The van der Waals surface area contributed by atoms with Crippen molar-refractivity contribution >= 4 is 22.5 Å². The van der Waals surface area contributed by atoms with Crippen LogP contribution in [-0.4, -0.2) is 38.8 Å². The van der Waals surface area contributed by atoms with Gasteiger partial charge in [0.25, 0.3) is 0 Å². The molecule has 0 spiro atoms. The van der Waals surface area contributed by atoms with Gasteiger partial charge in [0.05, 0.1) is 34.3 Å². The molecule has 35 heavy (non-hydrogen) atoms. The summed E-state index contributed by atoms with van der Waals surface area (Å²) in [6.07, 6.45) is 8.23. The molecule has 3 aromatic rings. The molecule has 0 atom stereocenters. The number of hydrogen-bond donors (Lipinski definition) is 0. The largest absolute Gasteiger partial charge is 0.333 e. The average molecular weight is 472 g/mol. The van der Waals surface area contributed by atoms with Crippen LogP contribution < -0.4 is 16.4 Å². The minimum absolute atomic E-state index is 0.981. The van der Waals surface area contributed by atoms with Gasteiger partial charge in [-0.25, -0.2) is 0 Å². The van der Waals surface area contributed by atoms with Gasteiger partial charge in [-0.2, -0.15) is 22.7 Å². The summed E-state index contributed by atoms with van der Waals surface area (Å²) in [5, 5.41) is 0. The van der Waals surface area contributed by atoms with Crippen molar-refractivity contribution in [3.63, 3.8) is 0 Å². The molecule has 0 fully saturated rings. The van der Waals surface area contributed by atoms with Crippen LogP contribution in [0.5, 0.6) is 0 Å². The second-order valence-electron chi connectivity index (χ2n) is 12.0. The number of unbranched alkanes of at least 4 members (excludes halogenated alkanes) is 5. The van der Waals surface area contributed by atoms with Crippen LogP contribution in [0, 0.1) is 20.8 Å². The molecule has 0 radical (unpaired) electrons. The van der Waals surface area contributed by atoms with Crippen LogP contribution in [0.3, 0.4) is 0 Å². The normalized spacial score (nSPS) is 11.7. The molecule has 0 aliphatic rings. The van der Waals surface area contributed by atoms with E-state index in [1.54, 1.807) is 0 Å². The van der Waals surface area contributed by atoms with Gasteiger partial charge in [-0.05, 0) is 20.8 Å². The van der Waals surface area contributed by atoms with Gasteiger partial charge in [-0.15, -0.1) is 0 Å². The van der Waals surface area contributed by atoms with Crippen molar-refractivity contribution in [1.82, 2.24) is 0 Å². The lowest BCUT2D eigenvalue weighted by Crippen LogP contribution is -2.67. The number of benzene rings is 3. The van der Waals surface area contributed by atoms with E-state index in [1.165, 1.54) is 77.9 Å². The zero-order chi connectivity index (χ0) is 25.9. The van der Waals surface area contributed by atoms with E-state index in [9.17, 15) is 0 Å². The Morgan fingerprint density at radius 1 is 0.486 bits per heavy atom. The number of aryl methyl sites for hydroxylation is 3. The van der Waals surface area contributed by atoms with Gasteiger partial charge < -0.3 is 4.48 Å². The lowest BCUT2D eigenvalue weighted by molar-refractivity contribution is -0.849. The topological polar surface area (TPSA) is 0 Å². The Hall–Kier alpha value is -2.32. The van der Waals surface area contributed by atoms with E-state index >= 15 is 0 Å². The summed E-state index contributed by atoms with van der Waals surface area (Å²) in [6.45, 7) is 8.85. The molecule has 0 unspecified atom stereocenters. The predicted molar refractivity (Wildman–Crippen MR) is 160 cm³/mol. The molecule has 0 heterocycles. The highest BCUT2D eigenvalue weighted by Gasteiger charge is 2.29. The zero-order valence-electron chi connectivity index (χ0n) is 23.9. The van der Waals surface area contributed by atoms with Gasteiger partial charge in [0.2, 0.25) is 0 Å². The van der Waals surface area contributed by atoms with Gasteiger partial charge in [-0.1, -0.05) is 135 Å². The molecule has 0 aliphatic heterocycles. The maximum absolute atomic E-state index is 2.38. The fourth-order valence-corrected chi connectivity index (χ4v) is 4.99. The molecular weight excluding hydrogens is 421 g/mol. The van der Waals surface area contributed by atoms with Crippen LogP contribution in [0.25, 0.3) is 0 Å². The summed E-state index contributed by atoms with van der Waals surface area (Å²) in [5.41, 5.74) is 8.41. The first kappa shape index (κ1) is 28.9. The van der Waals surface area contributed by atoms with Gasteiger partial charge in [-0.3, -0.25) is 0 Å². The molecule has 0 aliphatic carbocycles. The van der Waals surface area contributed by atoms with Crippen molar-refractivity contribution in [3.05, 3.63) is 89.5 Å². The molecule has 0 saturated heterocycles. The van der Waals surface area contributed by atoms with Crippen LogP contribution in [0.4, 0.5) is 0 Å². The predicted octanol–water partition coefficient (Wildman–Crippen LogP) is 6.76. The maximum atomic E-state index is 2.38. The van der Waals surface area contributed by atoms with Crippen LogP contribution in [0.15, 0.2) is 72.8 Å². The van der Waals surface area contributed by atoms with E-state index in [2.05, 4.69) is 129 Å². The molecule has 0 bridgehead atoms. The Labute approximate surface area is 217 Å². The molecular formula is C33H50BN. The zero-order valence-corrected chi connectivity index (χ0v) is 23.9. The fraction of sp³-hybridized carbons (Fsp3) is 0.455. The van der Waals surface area contributed by atoms with Crippen molar-refractivity contribution in [3.8, 4) is 0 Å². The van der Waals surface area contributed by atoms with E-state index in [0.29, 0.717) is 0 Å². The van der Waals surface area contributed by atoms with E-state index in [-0.39, 0.29) is 0 Å². The first-order valence-electron chi connectivity index (χ1n) is 13.7. The molecule has 0 N–H and O–H groups in total. The summed E-state index contributed by atoms with van der Waals surface area (Å²) in [6, 6.07) is 28.0. The second-order valence-corrected chi connectivity index (χ2v) is 12.0. The van der Waals surface area contributed by atoms with E-state index < -0.39 is 6.15 Å². The lowest BCUT2D eigenvalue weighted by atomic mass is 9.14. The van der Waals surface area contributed by atoms with Crippen molar-refractivity contribution in [2.24, 2.45) is 0 Å². The Balaban J connectivity index is 0.000000784. The third-order valence-electron chi connectivity index (χ3n) is 6.93. The highest BCUT2D eigenvalue weighted by Crippen LogP contribution is 2.19. The molecule has 3 aromatic carbocycles. The minimum Gasteiger partial charge on any atom is -0.333 e. The van der Waals surface area contributed by atoms with Crippen molar-refractivity contribution in [2.45, 2.75) is 72.5 Å². The monoisotopic (exact) mass is 471 g/mol. The van der Waals surface area contributed by atoms with E-state index in [0.717, 1.165) is 4.48 Å². The van der Waals surface area contributed by atoms with Gasteiger partial charge in [0.15, 0.2) is 0 Å². The number of rotatable bonds is 10. The highest BCUT2D eigenvalue weighted by molar-refractivity contribution is 7.11. The molecule has 0 saturated carbocycles. The van der Waals surface area contributed by atoms with E-state index in [4.69, 9.17) is 0 Å². The Bertz CT molecular complexity index is 862. The van der Waals surface area contributed by atoms with Crippen molar-refractivity contribution in [2.75, 3.05) is 28.2 Å². The Morgan fingerprint density at radius 2 is 0.771 bits per heavy atom. The van der Waals surface area contributed by atoms with Crippen LogP contribution in [0.2, 0.25) is 6.32 Å². The number of hydrogen-bond acceptors (Lipinski definition) is 0. The Morgan fingerprint density at radius 3 is 1.09 bits per heavy atom. The van der Waals surface area contributed by atoms with Crippen molar-refractivity contribution in [1.29, 1.82) is 0 Å². The molecule has 1 nitrogen and oxygen atoms in total. The smallest absolute Gasteiger partial charge is 0.0814 e. The molecule has 190 valence electrons. The van der Waals surface area contributed by atoms with Gasteiger partial charge >= 0.3 is 0 Å². The van der Waals surface area contributed by atoms with Crippen molar-refractivity contribution < 1.29 is 4.48 Å². The Kier molecular flexibility index (Phi) is 11.3. The van der Waals surface area contributed by atoms with Crippen LogP contribution >= 0.6 is 0 Å². The van der Waals surface area contributed by atoms with Gasteiger partial charge in [0, 0.05) is 0 Å². The first-order valence-corrected chi connectivity index (χ1v) is 13.7. The van der Waals surface area contributed by atoms with Gasteiger partial charge in [0.1, 0.15) is 0 Å². The summed E-state index contributed by atoms with van der Waals surface area (Å²) < 4.78 is 1.00. The first-order chi connectivity index (χ1) is 16.6. The summed E-state index contributed by atoms with van der Waals surface area (Å²) in [5.74, 6) is 0. The third-order valence-corrected chi connectivity index (χ3v) is 6.93. The van der Waals surface area contributed by atoms with Crippen LogP contribution in [-0.2, 0) is 0 Å². The molecule has 3 rings (SSSR count). The highest BCUT2D eigenvalue weighted by atomic mass is 15.2. The van der Waals surface area contributed by atoms with Crippen LogP contribution in [0.1, 0.15) is 62.1 Å². The molecule has 0 amide bonds. The lowest BCUT2D eigenvalue weighted by Gasteiger charge is -2.43. The average Bonchev–Trinajstić information content (AvgIpc) is 2.80. The molecule has 0 aromatic heterocycles. The summed E-state index contributed by atoms with van der Waals surface area (Å²) in [7, 11) is 8.50.